The Morgan fingerprint density at radius 1 is 1.29 bits per heavy atom. The van der Waals surface area contributed by atoms with Crippen molar-refractivity contribution in [2.75, 3.05) is 0 Å². The third-order valence-electron chi connectivity index (χ3n) is 5.98. The van der Waals surface area contributed by atoms with Crippen molar-refractivity contribution in [3.63, 3.8) is 0 Å². The van der Waals surface area contributed by atoms with Crippen LogP contribution in [-0.2, 0) is 33.4 Å². The summed E-state index contributed by atoms with van der Waals surface area (Å²) < 4.78 is 16.2. The van der Waals surface area contributed by atoms with Crippen LogP contribution in [-0.4, -0.2) is 46.8 Å². The van der Waals surface area contributed by atoms with Crippen LogP contribution in [0.3, 0.4) is 0 Å². The molecule has 8 nitrogen and oxygen atoms in total. The van der Waals surface area contributed by atoms with Crippen molar-refractivity contribution in [1.82, 2.24) is 0 Å². The Morgan fingerprint density at radius 2 is 1.96 bits per heavy atom. The van der Waals surface area contributed by atoms with E-state index in [1.807, 2.05) is 0 Å². The molecule has 3 fully saturated rings. The average molecular weight is 394 g/mol. The van der Waals surface area contributed by atoms with Crippen LogP contribution in [0.25, 0.3) is 0 Å². The van der Waals surface area contributed by atoms with Crippen molar-refractivity contribution in [3.8, 4) is 0 Å². The molecule has 154 valence electrons. The van der Waals surface area contributed by atoms with Gasteiger partial charge in [-0.3, -0.25) is 14.4 Å². The molecular formula is C20H26O8. The van der Waals surface area contributed by atoms with Gasteiger partial charge in [-0.15, -0.1) is 0 Å². The first kappa shape index (κ1) is 20.4. The summed E-state index contributed by atoms with van der Waals surface area (Å²) in [7, 11) is 0. The predicted molar refractivity (Wildman–Crippen MR) is 94.8 cm³/mol. The maximum absolute atomic E-state index is 12.3. The Labute approximate surface area is 163 Å². The van der Waals surface area contributed by atoms with E-state index in [9.17, 15) is 24.3 Å². The second kappa shape index (κ2) is 7.22. The van der Waals surface area contributed by atoms with Gasteiger partial charge in [-0.2, -0.15) is 0 Å². The van der Waals surface area contributed by atoms with Crippen molar-refractivity contribution in [1.29, 1.82) is 0 Å². The molecule has 2 aliphatic carbocycles. The lowest BCUT2D eigenvalue weighted by molar-refractivity contribution is -0.164. The number of ether oxygens (including phenoxy) is 3. The monoisotopic (exact) mass is 394 g/mol. The molecule has 2 saturated carbocycles. The van der Waals surface area contributed by atoms with E-state index >= 15 is 0 Å². The molecular weight excluding hydrogens is 368 g/mol. The summed E-state index contributed by atoms with van der Waals surface area (Å²) in [5.41, 5.74) is -0.438. The molecule has 6 atom stereocenters. The van der Waals surface area contributed by atoms with E-state index in [4.69, 9.17) is 14.2 Å². The summed E-state index contributed by atoms with van der Waals surface area (Å²) in [4.78, 5) is 47.5. The Bertz CT molecular complexity index is 724. The second-order valence-electron chi connectivity index (χ2n) is 8.59. The highest BCUT2D eigenvalue weighted by atomic mass is 16.6. The van der Waals surface area contributed by atoms with Gasteiger partial charge in [-0.1, -0.05) is 6.58 Å². The zero-order chi connectivity index (χ0) is 20.8. The van der Waals surface area contributed by atoms with Crippen LogP contribution < -0.4 is 0 Å². The molecule has 2 bridgehead atoms. The van der Waals surface area contributed by atoms with Gasteiger partial charge in [0.2, 0.25) is 0 Å². The van der Waals surface area contributed by atoms with Crippen LogP contribution in [0.2, 0.25) is 0 Å². The summed E-state index contributed by atoms with van der Waals surface area (Å²) in [6.07, 6.45) is 0.288. The predicted octanol–water partition coefficient (Wildman–Crippen LogP) is 1.86. The van der Waals surface area contributed by atoms with E-state index in [1.54, 1.807) is 20.8 Å². The van der Waals surface area contributed by atoms with Gasteiger partial charge in [0.1, 0.15) is 17.8 Å². The van der Waals surface area contributed by atoms with Gasteiger partial charge >= 0.3 is 23.9 Å². The Balaban J connectivity index is 1.52. The van der Waals surface area contributed by atoms with E-state index < -0.39 is 53.5 Å². The molecule has 28 heavy (non-hydrogen) atoms. The van der Waals surface area contributed by atoms with Crippen LogP contribution in [0.5, 0.6) is 0 Å². The molecule has 3 aliphatic rings. The van der Waals surface area contributed by atoms with Gasteiger partial charge in [0.15, 0.2) is 0 Å². The van der Waals surface area contributed by atoms with Crippen LogP contribution in [0.4, 0.5) is 0 Å². The number of carboxylic acid groups (broad SMARTS) is 1. The van der Waals surface area contributed by atoms with E-state index in [0.29, 0.717) is 24.8 Å². The van der Waals surface area contributed by atoms with Gasteiger partial charge in [0, 0.05) is 23.8 Å². The average Bonchev–Trinajstić information content (AvgIpc) is 3.17. The van der Waals surface area contributed by atoms with Crippen LogP contribution >= 0.6 is 0 Å². The molecule has 0 aromatic rings. The first-order valence-corrected chi connectivity index (χ1v) is 9.53. The van der Waals surface area contributed by atoms with E-state index in [-0.39, 0.29) is 18.3 Å². The number of rotatable bonds is 8. The minimum absolute atomic E-state index is 0.101. The molecule has 1 N–H and O–H groups in total. The highest BCUT2D eigenvalue weighted by Crippen LogP contribution is 2.58. The Kier molecular flexibility index (Phi) is 5.25. The van der Waals surface area contributed by atoms with Gasteiger partial charge < -0.3 is 19.3 Å². The number of hydrogen-bond acceptors (Lipinski definition) is 7. The SMILES string of the molecule is C=C(C)C(=O)OC(C)(C)CCCC(=O)OC1C2CC3C1OC(=O)C3C2C(=O)O. The fraction of sp³-hybridized carbons (Fsp3) is 0.700. The van der Waals surface area contributed by atoms with Crippen LogP contribution in [0.1, 0.15) is 46.5 Å². The molecule has 8 heteroatoms. The number of hydrogen-bond donors (Lipinski definition) is 1. The number of carbonyl (C=O) groups is 4. The lowest BCUT2D eigenvalue weighted by Crippen LogP contribution is -2.43. The number of carboxylic acids is 1. The molecule has 0 aromatic carbocycles. The normalized spacial score (nSPS) is 32.8. The number of fused-ring (bicyclic) bond motifs is 1. The quantitative estimate of drug-likeness (QED) is 0.377. The lowest BCUT2D eigenvalue weighted by Gasteiger charge is -2.29. The van der Waals surface area contributed by atoms with Crippen LogP contribution in [0.15, 0.2) is 12.2 Å². The van der Waals surface area contributed by atoms with Crippen molar-refractivity contribution < 1.29 is 38.5 Å². The number of aliphatic carboxylic acids is 1. The summed E-state index contributed by atoms with van der Waals surface area (Å²) >= 11 is 0. The van der Waals surface area contributed by atoms with Crippen LogP contribution in [0, 0.1) is 23.7 Å². The van der Waals surface area contributed by atoms with E-state index in [0.717, 1.165) is 0 Å². The smallest absolute Gasteiger partial charge is 0.333 e. The number of carbonyl (C=O) groups excluding carboxylic acids is 3. The van der Waals surface area contributed by atoms with Crippen molar-refractivity contribution in [3.05, 3.63) is 12.2 Å². The third-order valence-corrected chi connectivity index (χ3v) is 5.98. The maximum Gasteiger partial charge on any atom is 0.333 e. The molecule has 0 spiro atoms. The van der Waals surface area contributed by atoms with Crippen molar-refractivity contribution in [2.24, 2.45) is 23.7 Å². The number of esters is 3. The van der Waals surface area contributed by atoms with E-state index in [1.165, 1.54) is 0 Å². The van der Waals surface area contributed by atoms with E-state index in [2.05, 4.69) is 6.58 Å². The highest BCUT2D eigenvalue weighted by molar-refractivity contribution is 5.87. The van der Waals surface area contributed by atoms with Crippen molar-refractivity contribution in [2.45, 2.75) is 64.3 Å². The standard InChI is InChI=1S/C20H26O8/c1-9(2)18(24)28-20(3,4)7-5-6-12(21)26-15-10-8-11-14(13(10)17(22)23)19(25)27-16(11)15/h10-11,13-16H,1,5-8H2,2-4H3,(H,22,23). The van der Waals surface area contributed by atoms with Gasteiger partial charge in [0.05, 0.1) is 11.8 Å². The molecule has 0 aromatic heterocycles. The molecule has 1 saturated heterocycles. The minimum atomic E-state index is -1.04. The third kappa shape index (κ3) is 3.64. The largest absolute Gasteiger partial charge is 0.481 e. The molecule has 0 amide bonds. The first-order chi connectivity index (χ1) is 13.0. The fourth-order valence-electron chi connectivity index (χ4n) is 4.74. The molecule has 0 radical (unpaired) electrons. The summed E-state index contributed by atoms with van der Waals surface area (Å²) in [5, 5.41) is 9.47. The summed E-state index contributed by atoms with van der Waals surface area (Å²) in [5.74, 6) is -4.53. The zero-order valence-electron chi connectivity index (χ0n) is 16.3. The highest BCUT2D eigenvalue weighted by Gasteiger charge is 2.69. The Morgan fingerprint density at radius 3 is 2.57 bits per heavy atom. The van der Waals surface area contributed by atoms with Gasteiger partial charge in [-0.25, -0.2) is 4.79 Å². The molecule has 3 rings (SSSR count). The molecule has 1 heterocycles. The van der Waals surface area contributed by atoms with Gasteiger partial charge in [0.25, 0.3) is 0 Å². The van der Waals surface area contributed by atoms with Gasteiger partial charge in [-0.05, 0) is 40.0 Å². The fourth-order valence-corrected chi connectivity index (χ4v) is 4.74. The second-order valence-corrected chi connectivity index (χ2v) is 8.59. The molecule has 1 aliphatic heterocycles. The summed E-state index contributed by atoms with van der Waals surface area (Å²) in [6, 6.07) is 0. The Hall–Kier alpha value is -2.38. The first-order valence-electron chi connectivity index (χ1n) is 9.53. The minimum Gasteiger partial charge on any atom is -0.481 e. The maximum atomic E-state index is 12.3. The molecule has 6 unspecified atom stereocenters. The summed E-state index contributed by atoms with van der Waals surface area (Å²) in [6.45, 7) is 8.61. The zero-order valence-corrected chi connectivity index (χ0v) is 16.3. The topological polar surface area (TPSA) is 116 Å². The lowest BCUT2D eigenvalue weighted by atomic mass is 9.78. The van der Waals surface area contributed by atoms with Crippen molar-refractivity contribution >= 4 is 23.9 Å².